The predicted octanol–water partition coefficient (Wildman–Crippen LogP) is 13.9. The molecule has 4 N–H and O–H groups in total. The number of anilines is 4. The molecule has 0 fully saturated rings. The van der Waals surface area contributed by atoms with E-state index in [9.17, 15) is 28.8 Å². The largest absolute Gasteiger partial charge is 0.323 e. The summed E-state index contributed by atoms with van der Waals surface area (Å²) < 4.78 is 0. The van der Waals surface area contributed by atoms with E-state index < -0.39 is 47.3 Å². The van der Waals surface area contributed by atoms with E-state index in [-0.39, 0.29) is 74.1 Å². The van der Waals surface area contributed by atoms with Gasteiger partial charge < -0.3 is 21.3 Å². The van der Waals surface area contributed by atoms with Crippen LogP contribution in [0.4, 0.5) is 34.1 Å². The van der Waals surface area contributed by atoms with Crippen molar-refractivity contribution in [2.75, 3.05) is 21.3 Å². The maximum Gasteiger partial charge on any atom is 0.258 e. The Morgan fingerprint density at radius 3 is 1.11 bits per heavy atom. The van der Waals surface area contributed by atoms with Gasteiger partial charge in [0, 0.05) is 32.5 Å². The molecule has 0 aromatic heterocycles. The number of nitrogens with one attached hydrogen (secondary N) is 4. The van der Waals surface area contributed by atoms with Crippen LogP contribution in [0.3, 0.4) is 0 Å². The Hall–Kier alpha value is -5.16. The van der Waals surface area contributed by atoms with E-state index in [1.807, 2.05) is 13.8 Å². The summed E-state index contributed by atoms with van der Waals surface area (Å²) in [6.07, 6.45) is 0.723. The summed E-state index contributed by atoms with van der Waals surface area (Å²) >= 11 is 49.5. The second kappa shape index (κ2) is 23.0. The van der Waals surface area contributed by atoms with Crippen LogP contribution < -0.4 is 21.3 Å². The number of hydrogen-bond donors (Lipinski definition) is 4. The third-order valence-electron chi connectivity index (χ3n) is 9.39. The van der Waals surface area contributed by atoms with Crippen molar-refractivity contribution in [3.63, 3.8) is 0 Å². The number of halogens is 8. The normalized spacial score (nSPS) is 12.2. The highest BCUT2D eigenvalue weighted by molar-refractivity contribution is 6.43. The number of hydrogen-bond acceptors (Lipinski definition) is 10. The van der Waals surface area contributed by atoms with Crippen LogP contribution in [-0.4, -0.2) is 47.3 Å². The molecular weight excluding hydrogens is 1020 g/mol. The van der Waals surface area contributed by atoms with Crippen LogP contribution in [-0.2, 0) is 32.0 Å². The molecule has 22 heteroatoms. The van der Waals surface area contributed by atoms with Gasteiger partial charge in [0.15, 0.2) is 11.6 Å². The van der Waals surface area contributed by atoms with Crippen molar-refractivity contribution >= 4 is 162 Å². The first kappa shape index (κ1) is 51.8. The summed E-state index contributed by atoms with van der Waals surface area (Å²) in [6.45, 7) is 5.96. The monoisotopic (exact) mass is 1050 g/mol. The zero-order valence-corrected chi connectivity index (χ0v) is 40.8. The summed E-state index contributed by atoms with van der Waals surface area (Å²) in [7, 11) is 0. The van der Waals surface area contributed by atoms with Gasteiger partial charge >= 0.3 is 0 Å². The molecule has 0 spiro atoms. The Morgan fingerprint density at radius 1 is 0.470 bits per heavy atom. The SMILES string of the molecule is CCc1c(NC(=O)C(N=Nc2cc(C(=O)Nc3c(Cl)cc(Cl)cc3Cl)ccc2Cl)C(C)=O)ccc(NC(=O)C(N=Nc2cc(C(=O)Nc3c(Cl)cc(Cl)cc3Cl)ccc2Cl)C(C)=O)c1CC. The van der Waals surface area contributed by atoms with Crippen LogP contribution in [0.25, 0.3) is 0 Å². The van der Waals surface area contributed by atoms with E-state index in [1.54, 1.807) is 0 Å². The summed E-state index contributed by atoms with van der Waals surface area (Å²) in [6, 6.07) is 13.6. The molecule has 5 aromatic rings. The topological polar surface area (TPSA) is 200 Å². The van der Waals surface area contributed by atoms with Crippen LogP contribution >= 0.6 is 92.8 Å². The molecule has 2 atom stereocenters. The Kier molecular flexibility index (Phi) is 18.1. The summed E-state index contributed by atoms with van der Waals surface area (Å²) in [5.41, 5.74) is 2.21. The van der Waals surface area contributed by atoms with Gasteiger partial charge in [-0.2, -0.15) is 20.5 Å². The van der Waals surface area contributed by atoms with Gasteiger partial charge in [0.2, 0.25) is 12.1 Å². The van der Waals surface area contributed by atoms with E-state index in [4.69, 9.17) is 92.8 Å². The molecule has 0 saturated carbocycles. The third kappa shape index (κ3) is 12.8. The Bertz CT molecular complexity index is 2620. The molecule has 342 valence electrons. The first-order valence-electron chi connectivity index (χ1n) is 19.3. The van der Waals surface area contributed by atoms with Crippen LogP contribution in [0.5, 0.6) is 0 Å². The summed E-state index contributed by atoms with van der Waals surface area (Å²) in [4.78, 5) is 79.0. The molecule has 0 heterocycles. The number of azo groups is 2. The molecule has 66 heavy (non-hydrogen) atoms. The molecule has 14 nitrogen and oxygen atoms in total. The van der Waals surface area contributed by atoms with Crippen LogP contribution in [0.1, 0.15) is 59.5 Å². The van der Waals surface area contributed by atoms with Crippen LogP contribution in [0, 0.1) is 0 Å². The van der Waals surface area contributed by atoms with Gasteiger partial charge in [-0.3, -0.25) is 28.8 Å². The molecule has 0 aliphatic heterocycles. The third-order valence-corrected chi connectivity index (χ3v) is 11.7. The molecule has 0 radical (unpaired) electrons. The number of amides is 4. The van der Waals surface area contributed by atoms with Gasteiger partial charge in [0.05, 0.1) is 41.5 Å². The average Bonchev–Trinajstić information content (AvgIpc) is 3.24. The number of ketones is 2. The molecular formula is C44H34Cl8N8O6. The number of Topliss-reactive ketones (excluding diaryl/α,β-unsaturated/α-hetero) is 2. The highest BCUT2D eigenvalue weighted by atomic mass is 35.5. The zero-order chi connectivity index (χ0) is 48.6. The first-order valence-corrected chi connectivity index (χ1v) is 22.3. The summed E-state index contributed by atoms with van der Waals surface area (Å²) in [5.74, 6) is -4.21. The Balaban J connectivity index is 1.32. The van der Waals surface area contributed by atoms with E-state index >= 15 is 0 Å². The molecule has 0 saturated heterocycles. The van der Waals surface area contributed by atoms with Gasteiger partial charge in [-0.1, -0.05) is 107 Å². The molecule has 4 amide bonds. The van der Waals surface area contributed by atoms with E-state index in [1.165, 1.54) is 72.8 Å². The number of rotatable bonds is 16. The van der Waals surface area contributed by atoms with Crippen LogP contribution in [0.15, 0.2) is 93.3 Å². The number of benzene rings is 5. The smallest absolute Gasteiger partial charge is 0.258 e. The van der Waals surface area contributed by atoms with E-state index in [0.717, 1.165) is 13.8 Å². The van der Waals surface area contributed by atoms with Gasteiger partial charge in [0.25, 0.3) is 23.6 Å². The second-order valence-corrected chi connectivity index (χ2v) is 17.3. The van der Waals surface area contributed by atoms with Crippen molar-refractivity contribution in [2.24, 2.45) is 20.5 Å². The standard InChI is InChI=1S/C44H34Cl8N8O6/c1-5-25-26(6-2)34(54-44(66)38(20(4)62)60-58-36-14-22(8-10-28(36)48)42(64)56-40-31(51)17-24(46)18-32(40)52)12-11-33(25)53-43(65)37(19(3)61)59-57-35-13-21(7-9-27(35)47)41(63)55-39-29(49)15-23(45)16-30(39)50/h7-18,37-38H,5-6H2,1-4H3,(H,53,65)(H,54,66)(H,55,63)(H,56,64). The summed E-state index contributed by atoms with van der Waals surface area (Å²) in [5, 5.41) is 27.8. The molecule has 0 bridgehead atoms. The minimum Gasteiger partial charge on any atom is -0.323 e. The van der Waals surface area contributed by atoms with E-state index in [0.29, 0.717) is 35.3 Å². The van der Waals surface area contributed by atoms with Crippen molar-refractivity contribution in [1.29, 1.82) is 0 Å². The molecule has 2 unspecified atom stereocenters. The Labute approximate surface area is 417 Å². The van der Waals surface area contributed by atoms with Crippen molar-refractivity contribution in [2.45, 2.75) is 52.6 Å². The number of carbonyl (C=O) groups excluding carboxylic acids is 6. The van der Waals surface area contributed by atoms with Crippen molar-refractivity contribution in [3.8, 4) is 0 Å². The zero-order valence-electron chi connectivity index (χ0n) is 34.8. The van der Waals surface area contributed by atoms with Gasteiger partial charge in [-0.25, -0.2) is 0 Å². The first-order chi connectivity index (χ1) is 31.2. The second-order valence-electron chi connectivity index (χ2n) is 14.0. The van der Waals surface area contributed by atoms with Gasteiger partial charge in [0.1, 0.15) is 11.4 Å². The maximum atomic E-state index is 13.6. The minimum absolute atomic E-state index is 0.0200. The lowest BCUT2D eigenvalue weighted by Gasteiger charge is -2.20. The lowest BCUT2D eigenvalue weighted by atomic mass is 9.98. The molecule has 5 aromatic carbocycles. The van der Waals surface area contributed by atoms with Gasteiger partial charge in [-0.15, -0.1) is 0 Å². The molecule has 0 aliphatic carbocycles. The fraction of sp³-hybridized carbons (Fsp3) is 0.182. The fourth-order valence-corrected chi connectivity index (χ4v) is 8.30. The van der Waals surface area contributed by atoms with Crippen LogP contribution in [0.2, 0.25) is 40.2 Å². The Morgan fingerprint density at radius 2 is 0.803 bits per heavy atom. The minimum atomic E-state index is -1.63. The predicted molar refractivity (Wildman–Crippen MR) is 262 cm³/mol. The van der Waals surface area contributed by atoms with Gasteiger partial charge in [-0.05, 0) is 111 Å². The highest BCUT2D eigenvalue weighted by Gasteiger charge is 2.28. The molecule has 5 rings (SSSR count). The molecule has 0 aliphatic rings. The van der Waals surface area contributed by atoms with Crippen molar-refractivity contribution in [1.82, 2.24) is 0 Å². The van der Waals surface area contributed by atoms with Crippen molar-refractivity contribution in [3.05, 3.63) is 135 Å². The number of nitrogens with zero attached hydrogens (tertiary/aromatic N) is 4. The lowest BCUT2D eigenvalue weighted by Crippen LogP contribution is -2.33. The lowest BCUT2D eigenvalue weighted by molar-refractivity contribution is -0.127. The maximum absolute atomic E-state index is 13.6. The van der Waals surface area contributed by atoms with Crippen molar-refractivity contribution < 1.29 is 28.8 Å². The average molecular weight is 1050 g/mol. The fourth-order valence-electron chi connectivity index (χ4n) is 6.17. The number of carbonyl (C=O) groups is 6. The van der Waals surface area contributed by atoms with E-state index in [2.05, 4.69) is 41.7 Å². The quantitative estimate of drug-likeness (QED) is 0.0559. The highest BCUT2D eigenvalue weighted by Crippen LogP contribution is 2.37.